The first kappa shape index (κ1) is 76.7. The molecule has 1 aromatic heterocycles. The highest BCUT2D eigenvalue weighted by Gasteiger charge is 2.42. The van der Waals surface area contributed by atoms with Crippen LogP contribution in [0.4, 0.5) is 0 Å². The van der Waals surface area contributed by atoms with E-state index in [0.29, 0.717) is 34.0 Å². The van der Waals surface area contributed by atoms with Gasteiger partial charge in [0, 0.05) is 60.8 Å². The van der Waals surface area contributed by atoms with E-state index in [-0.39, 0.29) is 70.2 Å². The van der Waals surface area contributed by atoms with Crippen LogP contribution in [0.25, 0.3) is 10.9 Å². The number of rotatable bonds is 27. The Morgan fingerprint density at radius 3 is 1.86 bits per heavy atom. The summed E-state index contributed by atoms with van der Waals surface area (Å²) in [5, 5.41) is 74.1. The number of aliphatic hydroxyl groups excluding tert-OH is 1. The van der Waals surface area contributed by atoms with Gasteiger partial charge in [-0.15, -0.1) is 0 Å². The van der Waals surface area contributed by atoms with Crippen molar-refractivity contribution in [3.8, 4) is 5.75 Å². The predicted molar refractivity (Wildman–Crippen MR) is 355 cm³/mol. The number of phenolic OH excluding ortho intramolecular Hbond substituents is 1. The van der Waals surface area contributed by atoms with Crippen LogP contribution in [0.5, 0.6) is 5.75 Å². The van der Waals surface area contributed by atoms with E-state index in [9.17, 15) is 68.4 Å². The molecule has 19 N–H and O–H groups in total. The summed E-state index contributed by atoms with van der Waals surface area (Å²) in [7, 11) is 1.65. The Morgan fingerprint density at radius 2 is 1.24 bits per heavy atom. The van der Waals surface area contributed by atoms with Gasteiger partial charge in [-0.2, -0.15) is 0 Å². The normalized spacial score (nSPS) is 21.6. The highest BCUT2D eigenvalue weighted by atomic mass is 33.1. The maximum atomic E-state index is 15.1. The number of phenols is 1. The fraction of sp³-hybridized carbons (Fsp3) is 0.484. The molecule has 6 rings (SSSR count). The number of aromatic hydroxyl groups is 1. The molecule has 0 saturated carbocycles. The number of hydrogen-bond donors (Lipinski definition) is 17. The van der Waals surface area contributed by atoms with Crippen molar-refractivity contribution >= 4 is 109 Å². The van der Waals surface area contributed by atoms with Gasteiger partial charge in [0.15, 0.2) is 0 Å². The lowest BCUT2D eigenvalue weighted by Crippen LogP contribution is -2.62. The van der Waals surface area contributed by atoms with Gasteiger partial charge < -0.3 is 94.7 Å². The minimum Gasteiger partial charge on any atom is -0.508 e. The highest BCUT2D eigenvalue weighted by Crippen LogP contribution is 2.26. The number of H-pyrrole nitrogens is 1. The summed E-state index contributed by atoms with van der Waals surface area (Å²) in [5.41, 5.74) is 13.9. The van der Waals surface area contributed by atoms with Gasteiger partial charge in [0.05, 0.1) is 18.6 Å². The minimum atomic E-state index is -2.00. The van der Waals surface area contributed by atoms with Gasteiger partial charge in [0.25, 0.3) is 0 Å². The number of carbonyl (C=O) groups excluding carboxylic acids is 10. The number of hydrogen-bond acceptors (Lipinski definition) is 19. The topological polar surface area (TPSA) is 502 Å². The van der Waals surface area contributed by atoms with E-state index < -0.39 is 180 Å². The van der Waals surface area contributed by atoms with Crippen molar-refractivity contribution < 1.29 is 87.9 Å². The Bertz CT molecular complexity index is 3450. The SMILES string of the molecule is CC(C)[C@H](NC(=O)[C@@H]1CSSC[C@H](NC(=O)[C@H](CC(=O)O)NC(=O)[C@@H]2CCCN2C(=O)[C@@H](NC(=O)[C@@H](N)CCC(=O)O)[C@@H](C)O)C(=O)N[C@H](Cc2ccccc2)C(=O)N[C@@H](Cc2c[nH]c3ccccc23)C(=O)N[C@@H](CCCCN)C(=O)N[C@@H](Cc2ccc(O)cc2)C(=O)N1)C(=O)O. The number of unbranched alkanes of at least 4 members (excludes halogenated alkanes) is 1. The third-order valence-corrected chi connectivity index (χ3v) is 18.6. The molecule has 3 heterocycles. The number of carbonyl (C=O) groups is 13. The van der Waals surface area contributed by atoms with Crippen molar-refractivity contribution in [1.29, 1.82) is 0 Å². The first-order valence-corrected chi connectivity index (χ1v) is 34.1. The molecule has 2 aliphatic rings. The van der Waals surface area contributed by atoms with E-state index in [2.05, 4.69) is 52.8 Å². The molecule has 31 nitrogen and oxygen atoms in total. The molecule has 0 radical (unpaired) electrons. The molecule has 0 unspecified atom stereocenters. The maximum absolute atomic E-state index is 15.1. The molecule has 0 spiro atoms. The second-order valence-corrected chi connectivity index (χ2v) is 26.6. The van der Waals surface area contributed by atoms with Gasteiger partial charge in [-0.3, -0.25) is 57.5 Å². The number of nitrogens with zero attached hydrogens (tertiary/aromatic N) is 1. The van der Waals surface area contributed by atoms with Crippen LogP contribution in [0.2, 0.25) is 0 Å². The van der Waals surface area contributed by atoms with Crippen molar-refractivity contribution in [2.24, 2.45) is 17.4 Å². The summed E-state index contributed by atoms with van der Waals surface area (Å²) in [6.07, 6.45) is -1.85. The number of nitrogens with one attached hydrogen (secondary N) is 10. The molecule has 12 atom stereocenters. The first-order valence-electron chi connectivity index (χ1n) is 31.6. The molecule has 0 aliphatic carbocycles. The number of carboxylic acids is 3. The molecule has 526 valence electrons. The standard InChI is InChI=1S/C64H85N13O18S2/c1-33(2)52(64(94)95)75-61(91)48-32-97-96-31-47(73-59(89)46(29-51(82)83)72-62(92)49-17-11-25-77(49)63(93)53(34(3)78)76-54(84)40(66)22-23-50(80)81)60(90)70-43(26-35-12-5-4-6-13-35)56(86)71-45(28-37-30-67-41-15-8-7-14-39(37)41)58(88)68-42(16-9-10-24-65)55(85)69-44(57(87)74-48)27-36-18-20-38(79)21-19-36/h4-8,12-15,18-21,30,33-34,40,42-49,52-53,67,78-79H,9-11,16-17,22-29,31-32,65-66H2,1-3H3,(H,68,88)(H,69,85)(H,70,90)(H,71,86)(H,72,92)(H,73,89)(H,74,87)(H,75,91)(H,76,84)(H,80,81)(H,82,83)(H,94,95)/t34-,40+,42+,43-,44+,45+,46+,47+,48+,49+,52+,53+/m1/s1. The lowest BCUT2D eigenvalue weighted by atomic mass is 10.0. The van der Waals surface area contributed by atoms with E-state index in [1.54, 1.807) is 60.8 Å². The van der Waals surface area contributed by atoms with Crippen molar-refractivity contribution in [3.63, 3.8) is 0 Å². The summed E-state index contributed by atoms with van der Waals surface area (Å²) in [6, 6.07) is 3.64. The number of fused-ring (bicyclic) bond motifs is 1. The quantitative estimate of drug-likeness (QED) is 0.0240. The van der Waals surface area contributed by atoms with Crippen LogP contribution in [0.3, 0.4) is 0 Å². The van der Waals surface area contributed by atoms with Crippen LogP contribution >= 0.6 is 21.6 Å². The molecule has 10 amide bonds. The average molecular weight is 1390 g/mol. The highest BCUT2D eigenvalue weighted by molar-refractivity contribution is 8.76. The van der Waals surface area contributed by atoms with E-state index in [1.165, 1.54) is 45.0 Å². The number of aliphatic hydroxyl groups is 1. The second-order valence-electron chi connectivity index (χ2n) is 24.0. The van der Waals surface area contributed by atoms with Crippen LogP contribution < -0.4 is 59.3 Å². The fourth-order valence-corrected chi connectivity index (χ4v) is 13.1. The number of amides is 10. The van der Waals surface area contributed by atoms with E-state index >= 15 is 14.4 Å². The number of aromatic amines is 1. The smallest absolute Gasteiger partial charge is 0.326 e. The molecule has 2 fully saturated rings. The number of aromatic nitrogens is 1. The predicted octanol–water partition coefficient (Wildman–Crippen LogP) is -1.43. The largest absolute Gasteiger partial charge is 0.508 e. The lowest BCUT2D eigenvalue weighted by Gasteiger charge is -2.31. The van der Waals surface area contributed by atoms with Crippen LogP contribution in [-0.2, 0) is 81.6 Å². The summed E-state index contributed by atoms with van der Waals surface area (Å²) in [5.74, 6) is -16.0. The van der Waals surface area contributed by atoms with Gasteiger partial charge >= 0.3 is 17.9 Å². The number of para-hydroxylation sites is 1. The molecule has 0 bridgehead atoms. The van der Waals surface area contributed by atoms with Gasteiger partial charge in [-0.1, -0.05) is 96.1 Å². The Labute approximate surface area is 566 Å². The summed E-state index contributed by atoms with van der Waals surface area (Å²) < 4.78 is 0. The first-order chi connectivity index (χ1) is 46.1. The molecule has 4 aromatic rings. The van der Waals surface area contributed by atoms with Crippen LogP contribution in [0.1, 0.15) is 88.8 Å². The van der Waals surface area contributed by atoms with E-state index in [4.69, 9.17) is 16.6 Å². The Balaban J connectivity index is 1.41. The van der Waals surface area contributed by atoms with Gasteiger partial charge in [-0.05, 0) is 92.8 Å². The molecule has 2 aliphatic heterocycles. The minimum absolute atomic E-state index is 0.0443. The molecule has 2 saturated heterocycles. The lowest BCUT2D eigenvalue weighted by molar-refractivity contribution is -0.145. The fourth-order valence-electron chi connectivity index (χ4n) is 10.8. The summed E-state index contributed by atoms with van der Waals surface area (Å²) >= 11 is 0. The van der Waals surface area contributed by atoms with Crippen LogP contribution in [0, 0.1) is 5.92 Å². The van der Waals surface area contributed by atoms with E-state index in [1.807, 2.05) is 0 Å². The van der Waals surface area contributed by atoms with Crippen LogP contribution in [-0.4, -0.2) is 210 Å². The molecular weight excluding hydrogens is 1300 g/mol. The number of nitrogens with two attached hydrogens (primary N) is 2. The van der Waals surface area contributed by atoms with Crippen molar-refractivity contribution in [2.75, 3.05) is 24.6 Å². The zero-order chi connectivity index (χ0) is 71.0. The van der Waals surface area contributed by atoms with Crippen molar-refractivity contribution in [1.82, 2.24) is 57.7 Å². The van der Waals surface area contributed by atoms with Gasteiger partial charge in [0.1, 0.15) is 66.2 Å². The average Bonchev–Trinajstić information content (AvgIpc) is 1.75. The number of aliphatic carboxylic acids is 3. The zero-order valence-corrected chi connectivity index (χ0v) is 55.3. The van der Waals surface area contributed by atoms with E-state index in [0.717, 1.165) is 26.5 Å². The molecular formula is C64H85N13O18S2. The van der Waals surface area contributed by atoms with Gasteiger partial charge in [0.2, 0.25) is 59.1 Å². The third kappa shape index (κ3) is 23.2. The molecule has 97 heavy (non-hydrogen) atoms. The maximum Gasteiger partial charge on any atom is 0.326 e. The van der Waals surface area contributed by atoms with Crippen LogP contribution in [0.15, 0.2) is 85.1 Å². The number of carboxylic acid groups (broad SMARTS) is 3. The Hall–Kier alpha value is -9.31. The summed E-state index contributed by atoms with van der Waals surface area (Å²) in [6.45, 7) is 4.32. The third-order valence-electron chi connectivity index (χ3n) is 16.2. The zero-order valence-electron chi connectivity index (χ0n) is 53.7. The number of likely N-dealkylation sites (tertiary alicyclic amines) is 1. The molecule has 3 aromatic carbocycles. The molecule has 33 heteroatoms. The Morgan fingerprint density at radius 1 is 0.649 bits per heavy atom. The Kier molecular flexibility index (Phi) is 29.5. The van der Waals surface area contributed by atoms with Gasteiger partial charge in [-0.25, -0.2) is 4.79 Å². The van der Waals surface area contributed by atoms with Crippen molar-refractivity contribution in [2.45, 2.75) is 164 Å². The number of benzene rings is 3. The monoisotopic (exact) mass is 1390 g/mol. The van der Waals surface area contributed by atoms with Crippen molar-refractivity contribution in [3.05, 3.63) is 102 Å². The summed E-state index contributed by atoms with van der Waals surface area (Å²) in [4.78, 5) is 185. The second kappa shape index (κ2) is 37.3.